The zero-order valence-electron chi connectivity index (χ0n) is 12.9. The van der Waals surface area contributed by atoms with Gasteiger partial charge in [-0.05, 0) is 25.0 Å². The van der Waals surface area contributed by atoms with Crippen LogP contribution in [0.25, 0.3) is 5.65 Å². The van der Waals surface area contributed by atoms with Gasteiger partial charge in [0.2, 0.25) is 0 Å². The molecule has 2 aromatic heterocycles. The van der Waals surface area contributed by atoms with E-state index in [1.54, 1.807) is 7.05 Å². The molecule has 0 bridgehead atoms. The second kappa shape index (κ2) is 8.86. The number of imidazole rings is 1. The Bertz CT molecular complexity index is 591. The molecule has 0 aliphatic rings. The Balaban J connectivity index is 0.00000220. The number of fused-ring (bicyclic) bond motifs is 1. The van der Waals surface area contributed by atoms with E-state index in [1.165, 1.54) is 5.56 Å². The van der Waals surface area contributed by atoms with Crippen LogP contribution in [0.2, 0.25) is 0 Å². The van der Waals surface area contributed by atoms with Crippen molar-refractivity contribution >= 4 is 35.6 Å². The van der Waals surface area contributed by atoms with Crippen molar-refractivity contribution in [3.63, 3.8) is 0 Å². The maximum absolute atomic E-state index is 4.66. The molecule has 0 aromatic carbocycles. The second-order valence-corrected chi connectivity index (χ2v) is 4.83. The lowest BCUT2D eigenvalue weighted by molar-refractivity contribution is 0.769. The van der Waals surface area contributed by atoms with E-state index in [1.807, 2.05) is 12.3 Å². The van der Waals surface area contributed by atoms with Crippen LogP contribution in [-0.4, -0.2) is 35.5 Å². The van der Waals surface area contributed by atoms with Crippen molar-refractivity contribution in [1.82, 2.24) is 20.0 Å². The van der Waals surface area contributed by atoms with Gasteiger partial charge in [-0.15, -0.1) is 24.0 Å². The fraction of sp³-hybridized carbons (Fsp3) is 0.467. The minimum Gasteiger partial charge on any atom is -0.356 e. The highest BCUT2D eigenvalue weighted by Crippen LogP contribution is 2.09. The summed E-state index contributed by atoms with van der Waals surface area (Å²) in [5, 5.41) is 6.56. The number of nitrogens with one attached hydrogen (secondary N) is 2. The number of halogens is 1. The van der Waals surface area contributed by atoms with Gasteiger partial charge in [0.05, 0.1) is 5.69 Å². The Morgan fingerprint density at radius 1 is 1.33 bits per heavy atom. The summed E-state index contributed by atoms with van der Waals surface area (Å²) in [6.45, 7) is 5.99. The third-order valence-electron chi connectivity index (χ3n) is 3.17. The Kier molecular flexibility index (Phi) is 7.49. The number of pyridine rings is 1. The van der Waals surface area contributed by atoms with Crippen LogP contribution < -0.4 is 10.6 Å². The first-order valence-corrected chi connectivity index (χ1v) is 7.12. The monoisotopic (exact) mass is 401 g/mol. The summed E-state index contributed by atoms with van der Waals surface area (Å²) in [5.41, 5.74) is 3.33. The van der Waals surface area contributed by atoms with Crippen LogP contribution in [0.15, 0.2) is 29.5 Å². The van der Waals surface area contributed by atoms with Crippen LogP contribution in [-0.2, 0) is 6.42 Å². The Hall–Kier alpha value is -1.31. The highest BCUT2D eigenvalue weighted by molar-refractivity contribution is 14.0. The molecular formula is C15H24IN5. The van der Waals surface area contributed by atoms with E-state index in [4.69, 9.17) is 0 Å². The van der Waals surface area contributed by atoms with Gasteiger partial charge in [-0.25, -0.2) is 4.98 Å². The van der Waals surface area contributed by atoms with Crippen LogP contribution >= 0.6 is 24.0 Å². The molecule has 0 unspecified atom stereocenters. The summed E-state index contributed by atoms with van der Waals surface area (Å²) in [4.78, 5) is 8.84. The quantitative estimate of drug-likeness (QED) is 0.460. The Morgan fingerprint density at radius 2 is 2.10 bits per heavy atom. The molecule has 0 spiro atoms. The molecule has 0 amide bonds. The highest BCUT2D eigenvalue weighted by atomic mass is 127. The zero-order chi connectivity index (χ0) is 14.4. The van der Waals surface area contributed by atoms with Gasteiger partial charge < -0.3 is 15.0 Å². The van der Waals surface area contributed by atoms with Crippen molar-refractivity contribution in [3.05, 3.63) is 35.8 Å². The number of aryl methyl sites for hydroxylation is 1. The molecule has 0 aliphatic carbocycles. The number of rotatable bonds is 5. The molecule has 116 valence electrons. The first-order valence-electron chi connectivity index (χ1n) is 7.12. The minimum absolute atomic E-state index is 0. The fourth-order valence-electron chi connectivity index (χ4n) is 2.10. The zero-order valence-corrected chi connectivity index (χ0v) is 15.2. The minimum atomic E-state index is 0. The fourth-order valence-corrected chi connectivity index (χ4v) is 2.10. The summed E-state index contributed by atoms with van der Waals surface area (Å²) >= 11 is 0. The molecular weight excluding hydrogens is 377 g/mol. The third-order valence-corrected chi connectivity index (χ3v) is 3.17. The number of nitrogens with zero attached hydrogens (tertiary/aromatic N) is 3. The third kappa shape index (κ3) is 4.87. The normalized spacial score (nSPS) is 11.3. The van der Waals surface area contributed by atoms with Gasteiger partial charge in [0.1, 0.15) is 5.65 Å². The summed E-state index contributed by atoms with van der Waals surface area (Å²) < 4.78 is 2.08. The standard InChI is InChI=1S/C15H23N5.HI/c1-4-8-17-15(16-3)18-9-7-13-11-20-10-5-6-12(2)14(20)19-13;/h5-6,10-11H,4,7-9H2,1-3H3,(H2,16,17,18);1H. The second-order valence-electron chi connectivity index (χ2n) is 4.83. The maximum Gasteiger partial charge on any atom is 0.190 e. The topological polar surface area (TPSA) is 53.7 Å². The molecule has 2 rings (SSSR count). The van der Waals surface area contributed by atoms with Crippen LogP contribution in [0.4, 0.5) is 0 Å². The summed E-state index contributed by atoms with van der Waals surface area (Å²) in [6, 6.07) is 4.13. The van der Waals surface area contributed by atoms with Gasteiger partial charge in [-0.1, -0.05) is 13.0 Å². The van der Waals surface area contributed by atoms with Gasteiger partial charge in [0.15, 0.2) is 5.96 Å². The molecule has 2 aromatic rings. The lowest BCUT2D eigenvalue weighted by Crippen LogP contribution is -2.38. The SMILES string of the molecule is CCCNC(=NC)NCCc1cn2cccc(C)c2n1.I. The lowest BCUT2D eigenvalue weighted by atomic mass is 10.3. The van der Waals surface area contributed by atoms with Gasteiger partial charge >= 0.3 is 0 Å². The van der Waals surface area contributed by atoms with Crippen molar-refractivity contribution in [2.75, 3.05) is 20.1 Å². The largest absolute Gasteiger partial charge is 0.356 e. The van der Waals surface area contributed by atoms with Crippen molar-refractivity contribution in [2.45, 2.75) is 26.7 Å². The molecule has 2 heterocycles. The van der Waals surface area contributed by atoms with Crippen molar-refractivity contribution in [2.24, 2.45) is 4.99 Å². The van der Waals surface area contributed by atoms with Gasteiger partial charge in [-0.2, -0.15) is 0 Å². The van der Waals surface area contributed by atoms with E-state index < -0.39 is 0 Å². The predicted octanol–water partition coefficient (Wildman–Crippen LogP) is 2.38. The first-order chi connectivity index (χ1) is 9.74. The van der Waals surface area contributed by atoms with Crippen molar-refractivity contribution in [3.8, 4) is 0 Å². The Morgan fingerprint density at radius 3 is 2.76 bits per heavy atom. The van der Waals surface area contributed by atoms with Crippen molar-refractivity contribution in [1.29, 1.82) is 0 Å². The van der Waals surface area contributed by atoms with E-state index in [0.29, 0.717) is 0 Å². The maximum atomic E-state index is 4.66. The highest BCUT2D eigenvalue weighted by Gasteiger charge is 2.04. The lowest BCUT2D eigenvalue weighted by Gasteiger charge is -2.09. The van der Waals surface area contributed by atoms with Crippen molar-refractivity contribution < 1.29 is 0 Å². The summed E-state index contributed by atoms with van der Waals surface area (Å²) in [5.74, 6) is 0.854. The van der Waals surface area contributed by atoms with E-state index >= 15 is 0 Å². The average Bonchev–Trinajstić information content (AvgIpc) is 2.87. The molecule has 21 heavy (non-hydrogen) atoms. The number of aromatic nitrogens is 2. The molecule has 6 heteroatoms. The molecule has 2 N–H and O–H groups in total. The Labute approximate surface area is 143 Å². The van der Waals surface area contributed by atoms with Gasteiger partial charge in [0, 0.05) is 39.0 Å². The number of hydrogen-bond acceptors (Lipinski definition) is 2. The van der Waals surface area contributed by atoms with E-state index in [0.717, 1.165) is 43.2 Å². The molecule has 0 atom stereocenters. The van der Waals surface area contributed by atoms with Crippen LogP contribution in [0, 0.1) is 6.92 Å². The first kappa shape index (κ1) is 17.7. The molecule has 0 radical (unpaired) electrons. The van der Waals surface area contributed by atoms with E-state index in [-0.39, 0.29) is 24.0 Å². The van der Waals surface area contributed by atoms with E-state index in [2.05, 4.69) is 51.1 Å². The molecule has 0 saturated carbocycles. The molecule has 0 fully saturated rings. The van der Waals surface area contributed by atoms with E-state index in [9.17, 15) is 0 Å². The summed E-state index contributed by atoms with van der Waals surface area (Å²) in [7, 11) is 1.79. The smallest absolute Gasteiger partial charge is 0.190 e. The predicted molar refractivity (Wildman–Crippen MR) is 98.7 cm³/mol. The molecule has 5 nitrogen and oxygen atoms in total. The van der Waals surface area contributed by atoms with Gasteiger partial charge in [0.25, 0.3) is 0 Å². The van der Waals surface area contributed by atoms with Crippen LogP contribution in [0.5, 0.6) is 0 Å². The number of guanidine groups is 1. The molecule has 0 saturated heterocycles. The average molecular weight is 401 g/mol. The molecule has 0 aliphatic heterocycles. The van der Waals surface area contributed by atoms with Crippen LogP contribution in [0.3, 0.4) is 0 Å². The number of aliphatic imine (C=N–C) groups is 1. The van der Waals surface area contributed by atoms with Crippen LogP contribution in [0.1, 0.15) is 24.6 Å². The number of hydrogen-bond donors (Lipinski definition) is 2. The summed E-state index contributed by atoms with van der Waals surface area (Å²) in [6.07, 6.45) is 6.10. The van der Waals surface area contributed by atoms with Gasteiger partial charge in [-0.3, -0.25) is 4.99 Å².